The molecule has 0 fully saturated rings. The Morgan fingerprint density at radius 2 is 2.27 bits per heavy atom. The topological polar surface area (TPSA) is 116 Å². The summed E-state index contributed by atoms with van der Waals surface area (Å²) in [6, 6.07) is 1.81. The second-order valence-electron chi connectivity index (χ2n) is 7.81. The van der Waals surface area contributed by atoms with Crippen molar-refractivity contribution in [1.29, 1.82) is 0 Å². The van der Waals surface area contributed by atoms with Gasteiger partial charge in [-0.1, -0.05) is 18.7 Å². The molecule has 0 aromatic carbocycles. The number of hydrogen-bond acceptors (Lipinski definition) is 8. The molecule has 0 bridgehead atoms. The molecule has 0 spiro atoms. The molecular formula is C20H22N6O2S2. The number of nitrogens with one attached hydrogen (secondary N) is 1. The minimum absolute atomic E-state index is 0.0570. The third kappa shape index (κ3) is 3.14. The van der Waals surface area contributed by atoms with Crippen molar-refractivity contribution in [2.24, 2.45) is 5.92 Å². The van der Waals surface area contributed by atoms with Crippen LogP contribution in [0, 0.1) is 12.8 Å². The van der Waals surface area contributed by atoms with Gasteiger partial charge in [-0.3, -0.25) is 4.79 Å². The first kappa shape index (κ1) is 19.4. The standard InChI is InChI=1S/C20H22N6O2S2/c1-9-4-5-13-14(8-9)30-19-15(13)18(27)22-16(23-19)11(3)29-20-25-24-17(26(20)21)12-6-7-28-10(12)2/h6-7,9,11H,4-5,8,21H2,1-3H3,(H,22,23,27)/t9-,11+/m0/s1. The van der Waals surface area contributed by atoms with Crippen molar-refractivity contribution in [2.75, 3.05) is 5.84 Å². The van der Waals surface area contributed by atoms with E-state index >= 15 is 0 Å². The fourth-order valence-corrected chi connectivity index (χ4v) is 6.15. The molecule has 5 rings (SSSR count). The van der Waals surface area contributed by atoms with Crippen molar-refractivity contribution < 1.29 is 4.42 Å². The van der Waals surface area contributed by atoms with E-state index in [-0.39, 0.29) is 10.8 Å². The number of nitrogens with zero attached hydrogens (tertiary/aromatic N) is 4. The molecule has 0 amide bonds. The molecule has 1 aliphatic carbocycles. The summed E-state index contributed by atoms with van der Waals surface area (Å²) in [6.45, 7) is 6.09. The highest BCUT2D eigenvalue weighted by Gasteiger charge is 2.25. The molecule has 30 heavy (non-hydrogen) atoms. The van der Waals surface area contributed by atoms with Crippen LogP contribution in [-0.4, -0.2) is 24.8 Å². The minimum atomic E-state index is -0.148. The van der Waals surface area contributed by atoms with Crippen LogP contribution in [0.3, 0.4) is 0 Å². The molecule has 4 heterocycles. The molecule has 4 aromatic rings. The van der Waals surface area contributed by atoms with Crippen LogP contribution in [0.5, 0.6) is 0 Å². The van der Waals surface area contributed by atoms with Crippen molar-refractivity contribution in [3.63, 3.8) is 0 Å². The molecule has 1 aliphatic rings. The molecule has 0 saturated carbocycles. The summed E-state index contributed by atoms with van der Waals surface area (Å²) >= 11 is 3.06. The van der Waals surface area contributed by atoms with Crippen LogP contribution in [0.15, 0.2) is 26.7 Å². The predicted octanol–water partition coefficient (Wildman–Crippen LogP) is 3.84. The monoisotopic (exact) mass is 442 g/mol. The molecule has 3 N–H and O–H groups in total. The highest BCUT2D eigenvalue weighted by atomic mass is 32.2. The van der Waals surface area contributed by atoms with Crippen molar-refractivity contribution >= 4 is 33.3 Å². The fourth-order valence-electron chi connectivity index (χ4n) is 3.93. The molecule has 0 aliphatic heterocycles. The van der Waals surface area contributed by atoms with Crippen molar-refractivity contribution in [1.82, 2.24) is 24.8 Å². The second kappa shape index (κ2) is 7.28. The van der Waals surface area contributed by atoms with Crippen molar-refractivity contribution in [3.8, 4) is 11.4 Å². The molecule has 0 radical (unpaired) electrons. The normalized spacial score (nSPS) is 17.4. The van der Waals surface area contributed by atoms with E-state index in [9.17, 15) is 4.79 Å². The highest BCUT2D eigenvalue weighted by Crippen LogP contribution is 2.38. The third-order valence-electron chi connectivity index (χ3n) is 5.62. The van der Waals surface area contributed by atoms with Gasteiger partial charge in [0.1, 0.15) is 16.4 Å². The number of nitrogen functional groups attached to an aromatic ring is 1. The van der Waals surface area contributed by atoms with Gasteiger partial charge in [0.25, 0.3) is 5.56 Å². The Kier molecular flexibility index (Phi) is 4.70. The van der Waals surface area contributed by atoms with Gasteiger partial charge in [-0.25, -0.2) is 9.66 Å². The minimum Gasteiger partial charge on any atom is -0.469 e. The number of thioether (sulfide) groups is 1. The maximum absolute atomic E-state index is 12.9. The Morgan fingerprint density at radius 1 is 1.43 bits per heavy atom. The van der Waals surface area contributed by atoms with Gasteiger partial charge in [-0.15, -0.1) is 21.5 Å². The summed E-state index contributed by atoms with van der Waals surface area (Å²) in [7, 11) is 0. The summed E-state index contributed by atoms with van der Waals surface area (Å²) in [5.41, 5.74) is 1.94. The van der Waals surface area contributed by atoms with Crippen LogP contribution in [-0.2, 0) is 12.8 Å². The first-order chi connectivity index (χ1) is 14.4. The lowest BCUT2D eigenvalue weighted by atomic mass is 9.89. The third-order valence-corrected chi connectivity index (χ3v) is 7.83. The zero-order valence-corrected chi connectivity index (χ0v) is 18.6. The highest BCUT2D eigenvalue weighted by molar-refractivity contribution is 7.99. The van der Waals surface area contributed by atoms with Crippen LogP contribution in [0.25, 0.3) is 21.6 Å². The summed E-state index contributed by atoms with van der Waals surface area (Å²) in [6.07, 6.45) is 4.70. The molecule has 0 saturated heterocycles. The predicted molar refractivity (Wildman–Crippen MR) is 118 cm³/mol. The molecule has 156 valence electrons. The van der Waals surface area contributed by atoms with Gasteiger partial charge in [0, 0.05) is 4.88 Å². The largest absolute Gasteiger partial charge is 0.469 e. The van der Waals surface area contributed by atoms with Gasteiger partial charge in [-0.2, -0.15) is 0 Å². The van der Waals surface area contributed by atoms with Crippen LogP contribution < -0.4 is 11.4 Å². The van der Waals surface area contributed by atoms with Gasteiger partial charge >= 0.3 is 0 Å². The molecule has 0 unspecified atom stereocenters. The quantitative estimate of drug-likeness (QED) is 0.364. The second-order valence-corrected chi connectivity index (χ2v) is 10.2. The number of aromatic nitrogens is 5. The van der Waals surface area contributed by atoms with E-state index in [0.29, 0.717) is 22.7 Å². The molecule has 8 nitrogen and oxygen atoms in total. The lowest BCUT2D eigenvalue weighted by Crippen LogP contribution is -2.16. The van der Waals surface area contributed by atoms with Gasteiger partial charge < -0.3 is 15.2 Å². The summed E-state index contributed by atoms with van der Waals surface area (Å²) in [5, 5.41) is 9.58. The maximum atomic E-state index is 12.9. The average molecular weight is 443 g/mol. The van der Waals surface area contributed by atoms with Gasteiger partial charge in [-0.05, 0) is 50.7 Å². The van der Waals surface area contributed by atoms with E-state index in [4.69, 9.17) is 15.2 Å². The van der Waals surface area contributed by atoms with Crippen molar-refractivity contribution in [2.45, 2.75) is 50.4 Å². The smallest absolute Gasteiger partial charge is 0.259 e. The van der Waals surface area contributed by atoms with Crippen LogP contribution in [0.1, 0.15) is 47.5 Å². The lowest BCUT2D eigenvalue weighted by Gasteiger charge is -2.17. The Hall–Kier alpha value is -2.59. The molecule has 2 atom stereocenters. The number of thiophene rings is 1. The number of fused-ring (bicyclic) bond motifs is 3. The van der Waals surface area contributed by atoms with Gasteiger partial charge in [0.2, 0.25) is 5.16 Å². The zero-order chi connectivity index (χ0) is 21.0. The summed E-state index contributed by atoms with van der Waals surface area (Å²) in [5.74, 6) is 8.77. The van der Waals surface area contributed by atoms with E-state index in [1.165, 1.54) is 26.9 Å². The number of hydrogen-bond donors (Lipinski definition) is 2. The number of furan rings is 1. The molecule has 4 aromatic heterocycles. The van der Waals surface area contributed by atoms with Crippen molar-refractivity contribution in [3.05, 3.63) is 44.7 Å². The number of nitrogens with two attached hydrogens (primary N) is 1. The SMILES string of the molecule is Cc1occc1-c1nnc(S[C@H](C)c2nc3sc4c(c3c(=O)[nH]2)CC[C@H](C)C4)n1N. The Bertz CT molecular complexity index is 1300. The van der Waals surface area contributed by atoms with Gasteiger partial charge in [0.05, 0.1) is 22.5 Å². The Morgan fingerprint density at radius 3 is 3.03 bits per heavy atom. The maximum Gasteiger partial charge on any atom is 0.259 e. The van der Waals surface area contributed by atoms with E-state index in [0.717, 1.165) is 40.8 Å². The van der Waals surface area contributed by atoms with E-state index in [2.05, 4.69) is 22.1 Å². The number of aryl methyl sites for hydroxylation is 2. The first-order valence-electron chi connectivity index (χ1n) is 9.88. The molecule has 10 heteroatoms. The summed E-state index contributed by atoms with van der Waals surface area (Å²) in [4.78, 5) is 22.8. The average Bonchev–Trinajstić information content (AvgIpc) is 3.38. The van der Waals surface area contributed by atoms with E-state index in [1.807, 2.05) is 19.9 Å². The van der Waals surface area contributed by atoms with Crippen LogP contribution in [0.2, 0.25) is 0 Å². The van der Waals surface area contributed by atoms with Gasteiger partial charge in [0.15, 0.2) is 5.82 Å². The first-order valence-corrected chi connectivity index (χ1v) is 11.6. The van der Waals surface area contributed by atoms with Crippen LogP contribution >= 0.6 is 23.1 Å². The van der Waals surface area contributed by atoms with E-state index in [1.54, 1.807) is 17.6 Å². The lowest BCUT2D eigenvalue weighted by molar-refractivity contribution is 0.509. The number of aromatic amines is 1. The van der Waals surface area contributed by atoms with Crippen LogP contribution in [0.4, 0.5) is 0 Å². The Balaban J connectivity index is 1.46. The number of H-pyrrole nitrogens is 1. The Labute approximate surface area is 180 Å². The summed E-state index contributed by atoms with van der Waals surface area (Å²) < 4.78 is 6.78. The number of rotatable bonds is 4. The molecular weight excluding hydrogens is 420 g/mol. The van der Waals surface area contributed by atoms with E-state index < -0.39 is 0 Å². The zero-order valence-electron chi connectivity index (χ0n) is 16.9. The fraction of sp³-hybridized carbons (Fsp3) is 0.400.